The van der Waals surface area contributed by atoms with Crippen molar-refractivity contribution in [3.8, 4) is 5.88 Å². The number of nitrogens with two attached hydrogens (primary N) is 1. The molecule has 2 aromatic rings. The molecule has 22 heavy (non-hydrogen) atoms. The highest BCUT2D eigenvalue weighted by Crippen LogP contribution is 2.32. The molecule has 1 aliphatic heterocycles. The van der Waals surface area contributed by atoms with Crippen molar-refractivity contribution in [1.29, 1.82) is 0 Å². The third-order valence-electron chi connectivity index (χ3n) is 3.70. The summed E-state index contributed by atoms with van der Waals surface area (Å²) in [6.45, 7) is 1.64. The lowest BCUT2D eigenvalue weighted by atomic mass is 10.2. The van der Waals surface area contributed by atoms with E-state index in [1.807, 2.05) is 12.1 Å². The monoisotopic (exact) mass is 303 g/mol. The summed E-state index contributed by atoms with van der Waals surface area (Å²) < 4.78 is 10.2. The summed E-state index contributed by atoms with van der Waals surface area (Å²) in [5.41, 5.74) is 6.23. The van der Waals surface area contributed by atoms with E-state index in [1.54, 1.807) is 13.3 Å². The molecule has 0 saturated carbocycles. The number of amides is 1. The van der Waals surface area contributed by atoms with Crippen molar-refractivity contribution in [2.75, 3.05) is 13.7 Å². The molecular weight excluding hydrogens is 286 g/mol. The second kappa shape index (κ2) is 6.10. The smallest absolute Gasteiger partial charge is 0.290 e. The van der Waals surface area contributed by atoms with Gasteiger partial charge in [0.25, 0.3) is 11.7 Å². The minimum Gasteiger partial charge on any atom is -0.481 e. The van der Waals surface area contributed by atoms with Gasteiger partial charge in [0.05, 0.1) is 13.2 Å². The summed E-state index contributed by atoms with van der Waals surface area (Å²) in [5, 5.41) is 3.61. The molecule has 3 heterocycles. The van der Waals surface area contributed by atoms with Gasteiger partial charge in [-0.3, -0.25) is 9.69 Å². The number of nitrogens with zero attached hydrogens (tertiary/aromatic N) is 4. The van der Waals surface area contributed by atoms with Gasteiger partial charge in [-0.2, -0.15) is 4.98 Å². The number of ether oxygens (including phenoxy) is 1. The van der Waals surface area contributed by atoms with Crippen molar-refractivity contribution in [2.24, 2.45) is 5.73 Å². The SMILES string of the molecule is COc1ccc(CN2CCC[C@@H]2c2nc(C(N)=O)no2)cn1. The molecule has 8 heteroatoms. The van der Waals surface area contributed by atoms with Crippen LogP contribution in [0.5, 0.6) is 5.88 Å². The highest BCUT2D eigenvalue weighted by atomic mass is 16.5. The molecule has 8 nitrogen and oxygen atoms in total. The topological polar surface area (TPSA) is 107 Å². The fourth-order valence-electron chi connectivity index (χ4n) is 2.63. The highest BCUT2D eigenvalue weighted by Gasteiger charge is 2.31. The lowest BCUT2D eigenvalue weighted by Crippen LogP contribution is -2.23. The Bertz CT molecular complexity index is 655. The van der Waals surface area contributed by atoms with E-state index >= 15 is 0 Å². The van der Waals surface area contributed by atoms with Crippen LogP contribution in [-0.2, 0) is 6.54 Å². The Hall–Kier alpha value is -2.48. The summed E-state index contributed by atoms with van der Waals surface area (Å²) >= 11 is 0. The number of hydrogen-bond donors (Lipinski definition) is 1. The highest BCUT2D eigenvalue weighted by molar-refractivity contribution is 5.88. The van der Waals surface area contributed by atoms with Crippen LogP contribution in [0.25, 0.3) is 0 Å². The van der Waals surface area contributed by atoms with Crippen LogP contribution < -0.4 is 10.5 Å². The zero-order chi connectivity index (χ0) is 15.5. The average molecular weight is 303 g/mol. The zero-order valence-electron chi connectivity index (χ0n) is 12.2. The van der Waals surface area contributed by atoms with Crippen molar-refractivity contribution >= 4 is 5.91 Å². The van der Waals surface area contributed by atoms with Crippen LogP contribution in [0.15, 0.2) is 22.9 Å². The van der Waals surface area contributed by atoms with E-state index in [1.165, 1.54) is 0 Å². The summed E-state index contributed by atoms with van der Waals surface area (Å²) in [5.74, 6) is 0.268. The van der Waals surface area contributed by atoms with Gasteiger partial charge < -0.3 is 15.0 Å². The molecule has 0 bridgehead atoms. The molecule has 1 aliphatic rings. The Kier molecular flexibility index (Phi) is 4.01. The molecule has 1 saturated heterocycles. The molecule has 0 spiro atoms. The Balaban J connectivity index is 1.73. The Labute approximate surface area is 127 Å². The number of pyridine rings is 1. The number of aromatic nitrogens is 3. The van der Waals surface area contributed by atoms with E-state index in [4.69, 9.17) is 15.0 Å². The maximum Gasteiger partial charge on any atom is 0.290 e. The maximum atomic E-state index is 11.1. The Morgan fingerprint density at radius 2 is 2.41 bits per heavy atom. The molecule has 0 aromatic carbocycles. The predicted octanol–water partition coefficient (Wildman–Crippen LogP) is 0.909. The first kappa shape index (κ1) is 14.5. The van der Waals surface area contributed by atoms with Gasteiger partial charge in [-0.15, -0.1) is 0 Å². The van der Waals surface area contributed by atoms with E-state index in [0.29, 0.717) is 11.8 Å². The number of likely N-dealkylation sites (tertiary alicyclic amines) is 1. The van der Waals surface area contributed by atoms with Gasteiger partial charge in [0.2, 0.25) is 11.8 Å². The van der Waals surface area contributed by atoms with Crippen LogP contribution in [0.3, 0.4) is 0 Å². The molecule has 1 atom stereocenters. The van der Waals surface area contributed by atoms with E-state index in [2.05, 4.69) is 20.0 Å². The number of carbonyl (C=O) groups excluding carboxylic acids is 1. The minimum atomic E-state index is -0.682. The van der Waals surface area contributed by atoms with Gasteiger partial charge in [0.15, 0.2) is 0 Å². The molecule has 0 unspecified atom stereocenters. The number of hydrogen-bond acceptors (Lipinski definition) is 7. The summed E-state index contributed by atoms with van der Waals surface area (Å²) in [7, 11) is 1.59. The van der Waals surface area contributed by atoms with E-state index in [-0.39, 0.29) is 11.9 Å². The molecule has 116 valence electrons. The lowest BCUT2D eigenvalue weighted by Gasteiger charge is -2.21. The summed E-state index contributed by atoms with van der Waals surface area (Å²) in [4.78, 5) is 21.6. The van der Waals surface area contributed by atoms with Crippen LogP contribution in [0, 0.1) is 0 Å². The number of primary amides is 1. The summed E-state index contributed by atoms with van der Waals surface area (Å²) in [6.07, 6.45) is 3.73. The molecule has 2 N–H and O–H groups in total. The quantitative estimate of drug-likeness (QED) is 0.874. The lowest BCUT2D eigenvalue weighted by molar-refractivity contribution is 0.0987. The fourth-order valence-corrected chi connectivity index (χ4v) is 2.63. The van der Waals surface area contributed by atoms with Crippen molar-refractivity contribution in [3.63, 3.8) is 0 Å². The molecule has 1 fully saturated rings. The van der Waals surface area contributed by atoms with Crippen LogP contribution in [0.4, 0.5) is 0 Å². The van der Waals surface area contributed by atoms with Gasteiger partial charge in [-0.1, -0.05) is 11.2 Å². The van der Waals surface area contributed by atoms with Crippen LogP contribution in [0.1, 0.15) is 41.0 Å². The molecule has 0 radical (unpaired) electrons. The number of rotatable bonds is 5. The second-order valence-electron chi connectivity index (χ2n) is 5.16. The summed E-state index contributed by atoms with van der Waals surface area (Å²) in [6, 6.07) is 3.81. The van der Waals surface area contributed by atoms with Crippen LogP contribution in [-0.4, -0.2) is 39.6 Å². The van der Waals surface area contributed by atoms with E-state index in [0.717, 1.165) is 31.5 Å². The zero-order valence-corrected chi connectivity index (χ0v) is 12.2. The third kappa shape index (κ3) is 2.91. The predicted molar refractivity (Wildman–Crippen MR) is 76.0 cm³/mol. The Morgan fingerprint density at radius 3 is 3.05 bits per heavy atom. The number of carbonyl (C=O) groups is 1. The van der Waals surface area contributed by atoms with E-state index in [9.17, 15) is 4.79 Å². The fraction of sp³-hybridized carbons (Fsp3) is 0.429. The molecule has 2 aromatic heterocycles. The first-order valence-electron chi connectivity index (χ1n) is 7.03. The molecule has 1 amide bonds. The first-order valence-corrected chi connectivity index (χ1v) is 7.03. The largest absolute Gasteiger partial charge is 0.481 e. The number of methoxy groups -OCH3 is 1. The van der Waals surface area contributed by atoms with Crippen molar-refractivity contribution in [3.05, 3.63) is 35.6 Å². The molecule has 0 aliphatic carbocycles. The van der Waals surface area contributed by atoms with Crippen molar-refractivity contribution < 1.29 is 14.1 Å². The molecule has 3 rings (SSSR count). The van der Waals surface area contributed by atoms with Crippen LogP contribution in [0.2, 0.25) is 0 Å². The van der Waals surface area contributed by atoms with Gasteiger partial charge in [0, 0.05) is 18.8 Å². The van der Waals surface area contributed by atoms with E-state index < -0.39 is 5.91 Å². The van der Waals surface area contributed by atoms with Gasteiger partial charge in [-0.05, 0) is 24.9 Å². The third-order valence-corrected chi connectivity index (χ3v) is 3.70. The second-order valence-corrected chi connectivity index (χ2v) is 5.16. The standard InChI is InChI=1S/C14H17N5O3/c1-21-11-5-4-9(7-16-11)8-19-6-2-3-10(19)14-17-13(12(15)20)18-22-14/h4-5,7,10H,2-3,6,8H2,1H3,(H2,15,20)/t10-/m1/s1. The van der Waals surface area contributed by atoms with Gasteiger partial charge >= 0.3 is 0 Å². The first-order chi connectivity index (χ1) is 10.7. The minimum absolute atomic E-state index is 0.00250. The van der Waals surface area contributed by atoms with Crippen LogP contribution >= 0.6 is 0 Å². The normalized spacial score (nSPS) is 18.5. The van der Waals surface area contributed by atoms with Gasteiger partial charge in [-0.25, -0.2) is 4.98 Å². The van der Waals surface area contributed by atoms with Crippen molar-refractivity contribution in [1.82, 2.24) is 20.0 Å². The van der Waals surface area contributed by atoms with Gasteiger partial charge in [0.1, 0.15) is 0 Å². The van der Waals surface area contributed by atoms with Crippen molar-refractivity contribution in [2.45, 2.75) is 25.4 Å². The maximum absolute atomic E-state index is 11.1. The molecular formula is C14H17N5O3. The average Bonchev–Trinajstić information content (AvgIpc) is 3.16. The Morgan fingerprint density at radius 1 is 1.55 bits per heavy atom.